The van der Waals surface area contributed by atoms with Gasteiger partial charge in [0.1, 0.15) is 6.79 Å². The number of aliphatic hydroxyl groups is 2. The first-order valence-electron chi connectivity index (χ1n) is 3.29. The highest BCUT2D eigenvalue weighted by molar-refractivity contribution is 4.70. The molecule has 1 aliphatic heterocycles. The fourth-order valence-electron chi connectivity index (χ4n) is 0.950. The van der Waals surface area contributed by atoms with Crippen LogP contribution >= 0.6 is 0 Å². The van der Waals surface area contributed by atoms with E-state index in [9.17, 15) is 0 Å². The van der Waals surface area contributed by atoms with Crippen LogP contribution in [0.1, 0.15) is 0 Å². The summed E-state index contributed by atoms with van der Waals surface area (Å²) >= 11 is 0. The molecule has 2 unspecified atom stereocenters. The topological polar surface area (TPSA) is 58.9 Å². The van der Waals surface area contributed by atoms with E-state index >= 15 is 0 Å². The van der Waals surface area contributed by atoms with Gasteiger partial charge in [-0.05, 0) is 0 Å². The molecule has 0 radical (unpaired) electrons. The maximum Gasteiger partial charge on any atom is 0.147 e. The minimum atomic E-state index is -0.251. The van der Waals surface area contributed by atoms with Crippen LogP contribution in [0.15, 0.2) is 0 Å². The number of ether oxygens (including phenoxy) is 2. The summed E-state index contributed by atoms with van der Waals surface area (Å²) in [6.07, 6.45) is -0.251. The predicted octanol–water partition coefficient (Wildman–Crippen LogP) is -1.04. The molecule has 0 bridgehead atoms. The largest absolute Gasteiger partial charge is 0.396 e. The Morgan fingerprint density at radius 2 is 2.10 bits per heavy atom. The maximum absolute atomic E-state index is 8.72. The molecule has 4 heteroatoms. The van der Waals surface area contributed by atoms with Crippen molar-refractivity contribution in [2.24, 2.45) is 5.92 Å². The van der Waals surface area contributed by atoms with Crippen LogP contribution in [0.5, 0.6) is 0 Å². The van der Waals surface area contributed by atoms with Gasteiger partial charge in [0.15, 0.2) is 0 Å². The summed E-state index contributed by atoms with van der Waals surface area (Å²) in [5.74, 6) is -0.0706. The summed E-state index contributed by atoms with van der Waals surface area (Å²) in [6.45, 7) is 0.656. The number of hydrogen-bond acceptors (Lipinski definition) is 4. The zero-order chi connectivity index (χ0) is 7.40. The molecule has 1 fully saturated rings. The Balaban J connectivity index is 2.34. The normalized spacial score (nSPS) is 34.2. The van der Waals surface area contributed by atoms with E-state index in [1.54, 1.807) is 0 Å². The molecule has 4 nitrogen and oxygen atoms in total. The Morgan fingerprint density at radius 3 is 2.60 bits per heavy atom. The van der Waals surface area contributed by atoms with Crippen LogP contribution < -0.4 is 0 Å². The van der Waals surface area contributed by atoms with Crippen LogP contribution in [0.4, 0.5) is 0 Å². The van der Waals surface area contributed by atoms with Gasteiger partial charge in [0.25, 0.3) is 0 Å². The Hall–Kier alpha value is -0.160. The Labute approximate surface area is 59.4 Å². The smallest absolute Gasteiger partial charge is 0.147 e. The van der Waals surface area contributed by atoms with E-state index in [1.165, 1.54) is 0 Å². The Kier molecular flexibility index (Phi) is 3.08. The fraction of sp³-hybridized carbons (Fsp3) is 1.00. The van der Waals surface area contributed by atoms with Gasteiger partial charge >= 0.3 is 0 Å². The maximum atomic E-state index is 8.72. The summed E-state index contributed by atoms with van der Waals surface area (Å²) in [7, 11) is 0. The average Bonchev–Trinajstić information content (AvgIpc) is 2.04. The summed E-state index contributed by atoms with van der Waals surface area (Å²) in [5.41, 5.74) is 0. The standard InChI is InChI=1S/C6H12O4/c7-1-5-3-9-4-10-6(5)2-8/h5-8H,1-4H2. The minimum absolute atomic E-state index is 0.00519. The molecular weight excluding hydrogens is 136 g/mol. The molecule has 1 heterocycles. The molecule has 1 saturated heterocycles. The third-order valence-corrected chi connectivity index (χ3v) is 1.64. The molecule has 0 amide bonds. The third-order valence-electron chi connectivity index (χ3n) is 1.64. The zero-order valence-corrected chi connectivity index (χ0v) is 5.69. The average molecular weight is 148 g/mol. The summed E-state index contributed by atoms with van der Waals surface area (Å²) < 4.78 is 9.91. The van der Waals surface area contributed by atoms with Gasteiger partial charge < -0.3 is 19.7 Å². The van der Waals surface area contributed by atoms with Crippen molar-refractivity contribution in [1.29, 1.82) is 0 Å². The molecule has 1 aliphatic rings. The second kappa shape index (κ2) is 3.88. The van der Waals surface area contributed by atoms with Crippen LogP contribution in [-0.2, 0) is 9.47 Å². The first-order valence-corrected chi connectivity index (χ1v) is 3.29. The van der Waals surface area contributed by atoms with E-state index in [-0.39, 0.29) is 32.0 Å². The molecule has 60 valence electrons. The van der Waals surface area contributed by atoms with E-state index in [2.05, 4.69) is 0 Å². The molecule has 1 rings (SSSR count). The van der Waals surface area contributed by atoms with E-state index < -0.39 is 0 Å². The zero-order valence-electron chi connectivity index (χ0n) is 5.69. The van der Waals surface area contributed by atoms with Crippen molar-refractivity contribution in [1.82, 2.24) is 0 Å². The summed E-state index contributed by atoms with van der Waals surface area (Å²) in [5, 5.41) is 17.4. The molecule has 2 atom stereocenters. The molecule has 0 aromatic heterocycles. The van der Waals surface area contributed by atoms with Gasteiger partial charge in [-0.2, -0.15) is 0 Å². The molecule has 0 spiro atoms. The lowest BCUT2D eigenvalue weighted by Gasteiger charge is -2.28. The highest BCUT2D eigenvalue weighted by atomic mass is 16.7. The lowest BCUT2D eigenvalue weighted by molar-refractivity contribution is -0.187. The second-order valence-electron chi connectivity index (χ2n) is 2.32. The lowest BCUT2D eigenvalue weighted by Crippen LogP contribution is -2.38. The highest BCUT2D eigenvalue weighted by Crippen LogP contribution is 2.12. The molecule has 10 heavy (non-hydrogen) atoms. The number of hydrogen-bond donors (Lipinski definition) is 2. The highest BCUT2D eigenvalue weighted by Gasteiger charge is 2.24. The predicted molar refractivity (Wildman–Crippen MR) is 33.4 cm³/mol. The van der Waals surface area contributed by atoms with Gasteiger partial charge in [0, 0.05) is 5.92 Å². The quantitative estimate of drug-likeness (QED) is 0.525. The van der Waals surface area contributed by atoms with Gasteiger partial charge in [-0.3, -0.25) is 0 Å². The molecular formula is C6H12O4. The summed E-state index contributed by atoms with van der Waals surface area (Å²) in [6, 6.07) is 0. The van der Waals surface area contributed by atoms with E-state index in [1.807, 2.05) is 0 Å². The number of aliphatic hydroxyl groups excluding tert-OH is 2. The fourth-order valence-corrected chi connectivity index (χ4v) is 0.950. The van der Waals surface area contributed by atoms with E-state index in [0.29, 0.717) is 6.61 Å². The van der Waals surface area contributed by atoms with Crippen molar-refractivity contribution in [3.63, 3.8) is 0 Å². The van der Waals surface area contributed by atoms with E-state index in [0.717, 1.165) is 0 Å². The van der Waals surface area contributed by atoms with Crippen LogP contribution in [0.3, 0.4) is 0 Å². The number of rotatable bonds is 2. The molecule has 0 saturated carbocycles. The SMILES string of the molecule is OCC1COCOC1CO. The van der Waals surface area contributed by atoms with Gasteiger partial charge in [-0.25, -0.2) is 0 Å². The van der Waals surface area contributed by atoms with Crippen LogP contribution in [-0.4, -0.2) is 42.9 Å². The van der Waals surface area contributed by atoms with Gasteiger partial charge in [-0.1, -0.05) is 0 Å². The molecule has 2 N–H and O–H groups in total. The van der Waals surface area contributed by atoms with Crippen molar-refractivity contribution >= 4 is 0 Å². The Bertz CT molecular complexity index is 83.7. The Morgan fingerprint density at radius 1 is 1.30 bits per heavy atom. The third kappa shape index (κ3) is 1.67. The van der Waals surface area contributed by atoms with Crippen LogP contribution in [0.2, 0.25) is 0 Å². The molecule has 0 aromatic rings. The van der Waals surface area contributed by atoms with Crippen LogP contribution in [0.25, 0.3) is 0 Å². The van der Waals surface area contributed by atoms with Crippen molar-refractivity contribution in [2.45, 2.75) is 6.10 Å². The van der Waals surface area contributed by atoms with Crippen molar-refractivity contribution < 1.29 is 19.7 Å². The molecule has 0 aromatic carbocycles. The van der Waals surface area contributed by atoms with Gasteiger partial charge in [0.2, 0.25) is 0 Å². The van der Waals surface area contributed by atoms with Crippen molar-refractivity contribution in [3.05, 3.63) is 0 Å². The first-order chi connectivity index (χ1) is 4.88. The van der Waals surface area contributed by atoms with Crippen LogP contribution in [0, 0.1) is 5.92 Å². The van der Waals surface area contributed by atoms with E-state index in [4.69, 9.17) is 19.7 Å². The lowest BCUT2D eigenvalue weighted by atomic mass is 10.1. The monoisotopic (exact) mass is 148 g/mol. The van der Waals surface area contributed by atoms with Gasteiger partial charge in [-0.15, -0.1) is 0 Å². The van der Waals surface area contributed by atoms with Crippen molar-refractivity contribution in [2.75, 3.05) is 26.6 Å². The minimum Gasteiger partial charge on any atom is -0.396 e. The van der Waals surface area contributed by atoms with Gasteiger partial charge in [0.05, 0.1) is 25.9 Å². The molecule has 0 aliphatic carbocycles. The summed E-state index contributed by atoms with van der Waals surface area (Å²) in [4.78, 5) is 0. The second-order valence-corrected chi connectivity index (χ2v) is 2.32. The van der Waals surface area contributed by atoms with Crippen molar-refractivity contribution in [3.8, 4) is 0 Å². The first kappa shape index (κ1) is 7.94.